The summed E-state index contributed by atoms with van der Waals surface area (Å²) < 4.78 is 5.44. The fourth-order valence-electron chi connectivity index (χ4n) is 3.02. The van der Waals surface area contributed by atoms with Crippen LogP contribution >= 0.6 is 23.4 Å². The Labute approximate surface area is 170 Å². The van der Waals surface area contributed by atoms with E-state index in [9.17, 15) is 4.79 Å². The van der Waals surface area contributed by atoms with Gasteiger partial charge in [0.2, 0.25) is 5.91 Å². The van der Waals surface area contributed by atoms with Crippen molar-refractivity contribution in [3.63, 3.8) is 0 Å². The molecule has 1 aliphatic heterocycles. The number of carbonyl (C=O) groups excluding carboxylic acids is 1. The van der Waals surface area contributed by atoms with E-state index in [2.05, 4.69) is 22.3 Å². The first kappa shape index (κ1) is 20.2. The number of amides is 1. The predicted octanol–water partition coefficient (Wildman–Crippen LogP) is 4.01. The van der Waals surface area contributed by atoms with Crippen LogP contribution in [0.2, 0.25) is 5.02 Å². The average Bonchev–Trinajstić information content (AvgIpc) is 2.70. The van der Waals surface area contributed by atoms with Gasteiger partial charge in [0.05, 0.1) is 24.5 Å². The average molecular weight is 405 g/mol. The number of morpholine rings is 1. The Morgan fingerprint density at radius 1 is 1.15 bits per heavy atom. The minimum absolute atomic E-state index is 0.0370. The molecular formula is C21H25ClN2O2S. The molecule has 144 valence electrons. The summed E-state index contributed by atoms with van der Waals surface area (Å²) in [5.41, 5.74) is 1.13. The van der Waals surface area contributed by atoms with Gasteiger partial charge in [-0.15, -0.1) is 11.8 Å². The molecule has 6 heteroatoms. The van der Waals surface area contributed by atoms with Crippen molar-refractivity contribution in [3.8, 4) is 0 Å². The van der Waals surface area contributed by atoms with E-state index in [0.29, 0.717) is 5.02 Å². The summed E-state index contributed by atoms with van der Waals surface area (Å²) in [6.07, 6.45) is 0. The number of hydrogen-bond acceptors (Lipinski definition) is 4. The summed E-state index contributed by atoms with van der Waals surface area (Å²) in [6, 6.07) is 17.7. The van der Waals surface area contributed by atoms with Gasteiger partial charge in [0.15, 0.2) is 0 Å². The minimum Gasteiger partial charge on any atom is -0.379 e. The number of halogens is 1. The monoisotopic (exact) mass is 404 g/mol. The summed E-state index contributed by atoms with van der Waals surface area (Å²) in [7, 11) is 0. The van der Waals surface area contributed by atoms with Crippen molar-refractivity contribution in [1.82, 2.24) is 10.2 Å². The zero-order valence-corrected chi connectivity index (χ0v) is 17.0. The highest BCUT2D eigenvalue weighted by Crippen LogP contribution is 2.25. The summed E-state index contributed by atoms with van der Waals surface area (Å²) in [5, 5.41) is 3.75. The maximum Gasteiger partial charge on any atom is 0.233 e. The van der Waals surface area contributed by atoms with Gasteiger partial charge in [-0.05, 0) is 36.8 Å². The van der Waals surface area contributed by atoms with Crippen molar-refractivity contribution in [3.05, 3.63) is 65.2 Å². The van der Waals surface area contributed by atoms with Crippen LogP contribution in [-0.2, 0) is 9.53 Å². The molecule has 0 bridgehead atoms. The van der Waals surface area contributed by atoms with Gasteiger partial charge < -0.3 is 10.1 Å². The van der Waals surface area contributed by atoms with Gasteiger partial charge in [-0.25, -0.2) is 0 Å². The highest BCUT2D eigenvalue weighted by molar-refractivity contribution is 8.00. The molecule has 2 aromatic rings. The highest BCUT2D eigenvalue weighted by atomic mass is 35.5. The van der Waals surface area contributed by atoms with E-state index < -0.39 is 0 Å². The molecule has 0 saturated carbocycles. The van der Waals surface area contributed by atoms with Crippen LogP contribution in [0.25, 0.3) is 0 Å². The maximum absolute atomic E-state index is 12.8. The van der Waals surface area contributed by atoms with Gasteiger partial charge in [0.25, 0.3) is 0 Å². The Morgan fingerprint density at radius 3 is 2.48 bits per heavy atom. The van der Waals surface area contributed by atoms with Crippen molar-refractivity contribution in [2.45, 2.75) is 23.1 Å². The Hall–Kier alpha value is -1.53. The third kappa shape index (κ3) is 6.25. The first-order valence-corrected chi connectivity index (χ1v) is 10.5. The Bertz CT molecular complexity index is 721. The van der Waals surface area contributed by atoms with Crippen LogP contribution in [0.1, 0.15) is 18.5 Å². The van der Waals surface area contributed by atoms with Crippen LogP contribution in [0.15, 0.2) is 59.5 Å². The second kappa shape index (κ2) is 10.1. The normalized spacial score (nSPS) is 17.3. The van der Waals surface area contributed by atoms with Crippen molar-refractivity contribution in [1.29, 1.82) is 0 Å². The molecule has 2 unspecified atom stereocenters. The van der Waals surface area contributed by atoms with E-state index in [1.54, 1.807) is 0 Å². The zero-order valence-electron chi connectivity index (χ0n) is 15.4. The molecule has 1 N–H and O–H groups in total. The lowest BCUT2D eigenvalue weighted by Crippen LogP contribution is -2.44. The van der Waals surface area contributed by atoms with Crippen molar-refractivity contribution in [2.24, 2.45) is 0 Å². The number of nitrogens with one attached hydrogen (secondary N) is 1. The van der Waals surface area contributed by atoms with Crippen LogP contribution in [0.4, 0.5) is 0 Å². The van der Waals surface area contributed by atoms with Crippen LogP contribution in [0, 0.1) is 0 Å². The molecule has 0 radical (unpaired) electrons. The fourth-order valence-corrected chi connectivity index (χ4v) is 4.02. The lowest BCUT2D eigenvalue weighted by molar-refractivity contribution is -0.121. The maximum atomic E-state index is 12.8. The van der Waals surface area contributed by atoms with Crippen LogP contribution in [-0.4, -0.2) is 48.9 Å². The quantitative estimate of drug-likeness (QED) is 0.708. The Kier molecular flexibility index (Phi) is 7.59. The third-order valence-electron chi connectivity index (χ3n) is 4.56. The van der Waals surface area contributed by atoms with Crippen LogP contribution in [0.5, 0.6) is 0 Å². The highest BCUT2D eigenvalue weighted by Gasteiger charge is 2.23. The van der Waals surface area contributed by atoms with E-state index in [0.717, 1.165) is 43.3 Å². The first-order valence-electron chi connectivity index (χ1n) is 9.19. The molecule has 4 nitrogen and oxygen atoms in total. The molecule has 0 aromatic heterocycles. The molecule has 27 heavy (non-hydrogen) atoms. The number of benzene rings is 2. The molecule has 1 fully saturated rings. The standard InChI is InChI=1S/C21H25ClN2O2S/c1-16(27-19-9-7-18(22)8-10-19)21(25)23-20(17-5-3-2-4-6-17)15-24-11-13-26-14-12-24/h2-10,16,20H,11-15H2,1H3,(H,23,25). The molecule has 2 atom stereocenters. The molecule has 1 aliphatic rings. The lowest BCUT2D eigenvalue weighted by atomic mass is 10.1. The Balaban J connectivity index is 1.64. The van der Waals surface area contributed by atoms with Gasteiger partial charge in [0, 0.05) is 29.6 Å². The zero-order chi connectivity index (χ0) is 19.1. The molecule has 3 rings (SSSR count). The smallest absolute Gasteiger partial charge is 0.233 e. The molecule has 1 amide bonds. The Morgan fingerprint density at radius 2 is 1.81 bits per heavy atom. The largest absolute Gasteiger partial charge is 0.379 e. The topological polar surface area (TPSA) is 41.6 Å². The molecule has 0 spiro atoms. The SMILES string of the molecule is CC(Sc1ccc(Cl)cc1)C(=O)NC(CN1CCOCC1)c1ccccc1. The molecule has 1 heterocycles. The van der Waals surface area contributed by atoms with Gasteiger partial charge in [-0.1, -0.05) is 41.9 Å². The molecule has 2 aromatic carbocycles. The number of ether oxygens (including phenoxy) is 1. The first-order chi connectivity index (χ1) is 13.1. The van der Waals surface area contributed by atoms with Crippen LogP contribution in [0.3, 0.4) is 0 Å². The second-order valence-electron chi connectivity index (χ2n) is 6.60. The summed E-state index contributed by atoms with van der Waals surface area (Å²) in [6.45, 7) is 6.02. The van der Waals surface area contributed by atoms with Crippen molar-refractivity contribution >= 4 is 29.3 Å². The number of thioether (sulfide) groups is 1. The van der Waals surface area contributed by atoms with Crippen molar-refractivity contribution in [2.75, 3.05) is 32.8 Å². The van der Waals surface area contributed by atoms with E-state index in [1.807, 2.05) is 49.4 Å². The lowest BCUT2D eigenvalue weighted by Gasteiger charge is -2.31. The summed E-state index contributed by atoms with van der Waals surface area (Å²) >= 11 is 7.48. The second-order valence-corrected chi connectivity index (χ2v) is 8.45. The van der Waals surface area contributed by atoms with Crippen LogP contribution < -0.4 is 5.32 Å². The molecule has 0 aliphatic carbocycles. The minimum atomic E-state index is -0.193. The predicted molar refractivity (Wildman–Crippen MR) is 111 cm³/mol. The number of carbonyl (C=O) groups is 1. The number of nitrogens with zero attached hydrogens (tertiary/aromatic N) is 1. The van der Waals surface area contributed by atoms with E-state index >= 15 is 0 Å². The van der Waals surface area contributed by atoms with Crippen molar-refractivity contribution < 1.29 is 9.53 Å². The van der Waals surface area contributed by atoms with Gasteiger partial charge in [-0.3, -0.25) is 9.69 Å². The fraction of sp³-hybridized carbons (Fsp3) is 0.381. The third-order valence-corrected chi connectivity index (χ3v) is 5.92. The van der Waals surface area contributed by atoms with Gasteiger partial charge in [-0.2, -0.15) is 0 Å². The summed E-state index contributed by atoms with van der Waals surface area (Å²) in [4.78, 5) is 16.2. The molecule has 1 saturated heterocycles. The summed E-state index contributed by atoms with van der Waals surface area (Å²) in [5.74, 6) is 0.0389. The van der Waals surface area contributed by atoms with Gasteiger partial charge >= 0.3 is 0 Å². The number of rotatable bonds is 7. The van der Waals surface area contributed by atoms with E-state index in [1.165, 1.54) is 11.8 Å². The van der Waals surface area contributed by atoms with E-state index in [4.69, 9.17) is 16.3 Å². The van der Waals surface area contributed by atoms with E-state index in [-0.39, 0.29) is 17.2 Å². The number of hydrogen-bond donors (Lipinski definition) is 1. The molecular weight excluding hydrogens is 380 g/mol. The van der Waals surface area contributed by atoms with Gasteiger partial charge in [0.1, 0.15) is 0 Å².